The van der Waals surface area contributed by atoms with Crippen LogP contribution in [0.2, 0.25) is 0 Å². The highest BCUT2D eigenvalue weighted by atomic mass is 16.1. The van der Waals surface area contributed by atoms with Gasteiger partial charge < -0.3 is 10.6 Å². The fourth-order valence-electron chi connectivity index (χ4n) is 1.76. The monoisotopic (exact) mass is 265 g/mol. The van der Waals surface area contributed by atoms with E-state index in [-0.39, 0.29) is 5.91 Å². The van der Waals surface area contributed by atoms with Gasteiger partial charge in [-0.25, -0.2) is 0 Å². The second-order valence-electron chi connectivity index (χ2n) is 4.28. The maximum Gasteiger partial charge on any atom is 0.226 e. The number of nitrogens with one attached hydrogen (secondary N) is 2. The summed E-state index contributed by atoms with van der Waals surface area (Å²) in [5.74, 6) is -0.0415. The number of para-hydroxylation sites is 1. The van der Waals surface area contributed by atoms with Gasteiger partial charge in [0.15, 0.2) is 0 Å². The Kier molecular flexibility index (Phi) is 4.74. The summed E-state index contributed by atoms with van der Waals surface area (Å²) in [6.45, 7) is 0.521. The number of nitrogens with zero attached hydrogens (tertiary/aromatic N) is 1. The van der Waals surface area contributed by atoms with Gasteiger partial charge in [-0.3, -0.25) is 4.79 Å². The average molecular weight is 265 g/mol. The SMILES string of the molecule is N#Cc1cccc(NCCC(=O)Nc2ccccc2)c1. The lowest BCUT2D eigenvalue weighted by Crippen LogP contribution is -2.16. The Balaban J connectivity index is 1.78. The molecule has 4 nitrogen and oxygen atoms in total. The van der Waals surface area contributed by atoms with Crippen molar-refractivity contribution < 1.29 is 4.79 Å². The van der Waals surface area contributed by atoms with Gasteiger partial charge in [0.2, 0.25) is 5.91 Å². The zero-order chi connectivity index (χ0) is 14.2. The van der Waals surface area contributed by atoms with E-state index in [1.54, 1.807) is 12.1 Å². The van der Waals surface area contributed by atoms with Gasteiger partial charge in [0.25, 0.3) is 0 Å². The number of amides is 1. The number of anilines is 2. The molecule has 0 aliphatic rings. The summed E-state index contributed by atoms with van der Waals surface area (Å²) < 4.78 is 0. The van der Waals surface area contributed by atoms with Crippen molar-refractivity contribution in [1.29, 1.82) is 5.26 Å². The molecule has 0 aliphatic carbocycles. The highest BCUT2D eigenvalue weighted by Gasteiger charge is 2.02. The van der Waals surface area contributed by atoms with Gasteiger partial charge in [-0.05, 0) is 30.3 Å². The van der Waals surface area contributed by atoms with Crippen LogP contribution in [-0.4, -0.2) is 12.5 Å². The van der Waals surface area contributed by atoms with E-state index < -0.39 is 0 Å². The lowest BCUT2D eigenvalue weighted by molar-refractivity contribution is -0.115. The molecule has 2 aromatic carbocycles. The van der Waals surface area contributed by atoms with Gasteiger partial charge >= 0.3 is 0 Å². The molecule has 0 aliphatic heterocycles. The molecule has 1 amide bonds. The van der Waals surface area contributed by atoms with E-state index in [9.17, 15) is 4.79 Å². The highest BCUT2D eigenvalue weighted by molar-refractivity contribution is 5.90. The van der Waals surface area contributed by atoms with E-state index in [1.807, 2.05) is 42.5 Å². The maximum atomic E-state index is 11.7. The number of rotatable bonds is 5. The Morgan fingerprint density at radius 2 is 1.80 bits per heavy atom. The van der Waals surface area contributed by atoms with Gasteiger partial charge in [0, 0.05) is 24.3 Å². The van der Waals surface area contributed by atoms with Crippen molar-refractivity contribution in [2.24, 2.45) is 0 Å². The van der Waals surface area contributed by atoms with Gasteiger partial charge in [0.1, 0.15) is 0 Å². The maximum absolute atomic E-state index is 11.7. The number of carbonyl (C=O) groups is 1. The summed E-state index contributed by atoms with van der Waals surface area (Å²) in [6, 6.07) is 18.6. The third-order valence-corrected chi connectivity index (χ3v) is 2.73. The number of hydrogen-bond donors (Lipinski definition) is 2. The molecule has 2 aromatic rings. The highest BCUT2D eigenvalue weighted by Crippen LogP contribution is 2.10. The largest absolute Gasteiger partial charge is 0.384 e. The second-order valence-corrected chi connectivity index (χ2v) is 4.28. The first kappa shape index (κ1) is 13.6. The smallest absolute Gasteiger partial charge is 0.226 e. The number of benzene rings is 2. The van der Waals surface area contributed by atoms with Crippen LogP contribution >= 0.6 is 0 Å². The van der Waals surface area contributed by atoms with Crippen molar-refractivity contribution >= 4 is 17.3 Å². The second kappa shape index (κ2) is 6.95. The minimum absolute atomic E-state index is 0.0415. The van der Waals surface area contributed by atoms with E-state index in [2.05, 4.69) is 16.7 Å². The first-order chi connectivity index (χ1) is 9.78. The summed E-state index contributed by atoms with van der Waals surface area (Å²) in [7, 11) is 0. The first-order valence-corrected chi connectivity index (χ1v) is 6.37. The van der Waals surface area contributed by atoms with Gasteiger partial charge in [0.05, 0.1) is 11.6 Å². The molecule has 0 fully saturated rings. The van der Waals surface area contributed by atoms with E-state index in [0.717, 1.165) is 11.4 Å². The Labute approximate surface area is 118 Å². The molecule has 0 bridgehead atoms. The van der Waals surface area contributed by atoms with Crippen LogP contribution in [0.5, 0.6) is 0 Å². The lowest BCUT2D eigenvalue weighted by atomic mass is 10.2. The number of nitriles is 1. The van der Waals surface area contributed by atoms with E-state index in [0.29, 0.717) is 18.5 Å². The minimum Gasteiger partial charge on any atom is -0.384 e. The molecule has 0 saturated heterocycles. The Bertz CT molecular complexity index is 617. The molecule has 0 atom stereocenters. The fraction of sp³-hybridized carbons (Fsp3) is 0.125. The van der Waals surface area contributed by atoms with Gasteiger partial charge in [-0.15, -0.1) is 0 Å². The summed E-state index contributed by atoms with van der Waals surface area (Å²) in [5, 5.41) is 14.7. The fourth-order valence-corrected chi connectivity index (χ4v) is 1.76. The summed E-state index contributed by atoms with van der Waals surface area (Å²) >= 11 is 0. The lowest BCUT2D eigenvalue weighted by Gasteiger charge is -2.07. The predicted molar refractivity (Wildman–Crippen MR) is 79.3 cm³/mol. The Hall–Kier alpha value is -2.80. The van der Waals surface area contributed by atoms with Crippen molar-refractivity contribution in [3.8, 4) is 6.07 Å². The van der Waals surface area contributed by atoms with Crippen LogP contribution < -0.4 is 10.6 Å². The molecule has 0 saturated carbocycles. The van der Waals surface area contributed by atoms with Crippen LogP contribution in [0.3, 0.4) is 0 Å². The predicted octanol–water partition coefficient (Wildman–Crippen LogP) is 3.00. The van der Waals surface area contributed by atoms with Crippen molar-refractivity contribution in [1.82, 2.24) is 0 Å². The standard InChI is InChI=1S/C16H15N3O/c17-12-13-5-4-8-15(11-13)18-10-9-16(20)19-14-6-2-1-3-7-14/h1-8,11,18H,9-10H2,(H,19,20). The zero-order valence-corrected chi connectivity index (χ0v) is 11.0. The molecule has 0 spiro atoms. The van der Waals surface area contributed by atoms with Gasteiger partial charge in [-0.1, -0.05) is 24.3 Å². The Morgan fingerprint density at radius 3 is 2.55 bits per heavy atom. The molecule has 2 N–H and O–H groups in total. The van der Waals surface area contributed by atoms with Crippen molar-refractivity contribution in [3.05, 3.63) is 60.2 Å². The molecule has 20 heavy (non-hydrogen) atoms. The number of carbonyl (C=O) groups excluding carboxylic acids is 1. The van der Waals surface area contributed by atoms with Crippen LogP contribution in [0.1, 0.15) is 12.0 Å². The molecule has 0 aromatic heterocycles. The molecule has 4 heteroatoms. The van der Waals surface area contributed by atoms with E-state index in [4.69, 9.17) is 5.26 Å². The van der Waals surface area contributed by atoms with Crippen LogP contribution in [0.25, 0.3) is 0 Å². The molecule has 2 rings (SSSR count). The molecule has 0 heterocycles. The molecular weight excluding hydrogens is 250 g/mol. The van der Waals surface area contributed by atoms with Crippen LogP contribution in [0, 0.1) is 11.3 Å². The Morgan fingerprint density at radius 1 is 1.05 bits per heavy atom. The number of hydrogen-bond acceptors (Lipinski definition) is 3. The van der Waals surface area contributed by atoms with E-state index in [1.165, 1.54) is 0 Å². The van der Waals surface area contributed by atoms with Crippen molar-refractivity contribution in [3.63, 3.8) is 0 Å². The zero-order valence-electron chi connectivity index (χ0n) is 11.0. The summed E-state index contributed by atoms with van der Waals surface area (Å²) in [5.41, 5.74) is 2.24. The van der Waals surface area contributed by atoms with Crippen LogP contribution in [0.4, 0.5) is 11.4 Å². The topological polar surface area (TPSA) is 64.9 Å². The molecule has 0 unspecified atom stereocenters. The van der Waals surface area contributed by atoms with Crippen LogP contribution in [0.15, 0.2) is 54.6 Å². The third-order valence-electron chi connectivity index (χ3n) is 2.73. The molecule has 100 valence electrons. The average Bonchev–Trinajstić information content (AvgIpc) is 2.48. The third kappa shape index (κ3) is 4.14. The van der Waals surface area contributed by atoms with E-state index >= 15 is 0 Å². The first-order valence-electron chi connectivity index (χ1n) is 6.37. The molecule has 0 radical (unpaired) electrons. The normalized spacial score (nSPS) is 9.55. The summed E-state index contributed by atoms with van der Waals surface area (Å²) in [6.07, 6.45) is 0.367. The van der Waals surface area contributed by atoms with Crippen molar-refractivity contribution in [2.75, 3.05) is 17.2 Å². The van der Waals surface area contributed by atoms with Gasteiger partial charge in [-0.2, -0.15) is 5.26 Å². The molecular formula is C16H15N3O. The quantitative estimate of drug-likeness (QED) is 0.873. The van der Waals surface area contributed by atoms with Crippen LogP contribution in [-0.2, 0) is 4.79 Å². The van der Waals surface area contributed by atoms with Crippen molar-refractivity contribution in [2.45, 2.75) is 6.42 Å². The minimum atomic E-state index is -0.0415. The summed E-state index contributed by atoms with van der Waals surface area (Å²) in [4.78, 5) is 11.7.